The summed E-state index contributed by atoms with van der Waals surface area (Å²) >= 11 is 6.00. The molecule has 5 heteroatoms. The van der Waals surface area contributed by atoms with Crippen molar-refractivity contribution >= 4 is 34.2 Å². The van der Waals surface area contributed by atoms with Gasteiger partial charge in [-0.05, 0) is 30.7 Å². The summed E-state index contributed by atoms with van der Waals surface area (Å²) in [4.78, 5) is 24.4. The topological polar surface area (TPSA) is 59.3 Å². The predicted molar refractivity (Wildman–Crippen MR) is 86.6 cm³/mol. The average molecular weight is 314 g/mol. The number of carbonyl (C=O) groups excluding carboxylic acids is 1. The second-order valence-electron chi connectivity index (χ2n) is 4.86. The Morgan fingerprint density at radius 2 is 1.91 bits per heavy atom. The Kier molecular flexibility index (Phi) is 3.69. The lowest BCUT2D eigenvalue weighted by atomic mass is 10.1. The Morgan fingerprint density at radius 3 is 2.68 bits per heavy atom. The summed E-state index contributed by atoms with van der Waals surface area (Å²) < 4.78 is 5.59. The normalized spacial score (nSPS) is 10.6. The van der Waals surface area contributed by atoms with Crippen LogP contribution in [-0.4, -0.2) is 5.91 Å². The van der Waals surface area contributed by atoms with Gasteiger partial charge in [-0.15, -0.1) is 0 Å². The van der Waals surface area contributed by atoms with Gasteiger partial charge in [0.25, 0.3) is 5.91 Å². The zero-order valence-corrected chi connectivity index (χ0v) is 12.5. The smallest absolute Gasteiger partial charge is 0.291 e. The lowest BCUT2D eigenvalue weighted by Gasteiger charge is -2.07. The van der Waals surface area contributed by atoms with E-state index in [0.29, 0.717) is 21.7 Å². The fraction of sp³-hybridized carbons (Fsp3) is 0.0588. The largest absolute Gasteiger partial charge is 0.450 e. The maximum absolute atomic E-state index is 12.3. The van der Waals surface area contributed by atoms with Gasteiger partial charge in [-0.1, -0.05) is 35.9 Å². The molecule has 1 N–H and O–H groups in total. The monoisotopic (exact) mass is 313 g/mol. The highest BCUT2D eigenvalue weighted by atomic mass is 35.5. The highest BCUT2D eigenvalue weighted by Gasteiger charge is 2.14. The number of fused-ring (bicyclic) bond motifs is 1. The molecule has 1 amide bonds. The number of rotatable bonds is 2. The van der Waals surface area contributed by atoms with Gasteiger partial charge in [0.2, 0.25) is 0 Å². The van der Waals surface area contributed by atoms with Crippen LogP contribution >= 0.6 is 11.6 Å². The van der Waals surface area contributed by atoms with Crippen LogP contribution < -0.4 is 10.7 Å². The quantitative estimate of drug-likeness (QED) is 0.777. The van der Waals surface area contributed by atoms with Crippen LogP contribution in [0.1, 0.15) is 16.1 Å². The van der Waals surface area contributed by atoms with Crippen LogP contribution in [0.15, 0.2) is 57.7 Å². The molecule has 0 fully saturated rings. The van der Waals surface area contributed by atoms with E-state index >= 15 is 0 Å². The van der Waals surface area contributed by atoms with Crippen molar-refractivity contribution in [2.75, 3.05) is 5.32 Å². The van der Waals surface area contributed by atoms with Gasteiger partial charge in [0.05, 0.1) is 16.1 Å². The van der Waals surface area contributed by atoms with Gasteiger partial charge in [-0.25, -0.2) is 0 Å². The highest BCUT2D eigenvalue weighted by Crippen LogP contribution is 2.22. The molecule has 4 nitrogen and oxygen atoms in total. The summed E-state index contributed by atoms with van der Waals surface area (Å²) in [5, 5.41) is 3.50. The van der Waals surface area contributed by atoms with E-state index in [-0.39, 0.29) is 11.2 Å². The van der Waals surface area contributed by atoms with Crippen LogP contribution in [0.3, 0.4) is 0 Å². The molecule has 0 saturated heterocycles. The SMILES string of the molecule is Cc1cccc2c(=O)cc(C(=O)Nc3ccccc3Cl)oc12. The Bertz CT molecular complexity index is 931. The summed E-state index contributed by atoms with van der Waals surface area (Å²) in [5.74, 6) is -0.568. The number of aryl methyl sites for hydroxylation is 1. The maximum atomic E-state index is 12.3. The van der Waals surface area contributed by atoms with Gasteiger partial charge in [-0.2, -0.15) is 0 Å². The molecule has 0 unspecified atom stereocenters. The van der Waals surface area contributed by atoms with Crippen molar-refractivity contribution in [3.63, 3.8) is 0 Å². The number of halogens is 1. The Morgan fingerprint density at radius 1 is 1.14 bits per heavy atom. The number of carbonyl (C=O) groups is 1. The third-order valence-electron chi connectivity index (χ3n) is 3.30. The first-order valence-electron chi connectivity index (χ1n) is 6.65. The number of anilines is 1. The third kappa shape index (κ3) is 2.61. The van der Waals surface area contributed by atoms with E-state index in [1.165, 1.54) is 6.07 Å². The van der Waals surface area contributed by atoms with Crippen molar-refractivity contribution in [2.24, 2.45) is 0 Å². The Labute approximate surface area is 131 Å². The minimum absolute atomic E-state index is 0.0493. The van der Waals surface area contributed by atoms with E-state index in [1.54, 1.807) is 36.4 Å². The fourth-order valence-electron chi connectivity index (χ4n) is 2.18. The van der Waals surface area contributed by atoms with Crippen molar-refractivity contribution in [2.45, 2.75) is 6.92 Å². The molecule has 2 aromatic carbocycles. The number of para-hydroxylation sites is 2. The van der Waals surface area contributed by atoms with Crippen molar-refractivity contribution in [3.05, 3.63) is 75.1 Å². The van der Waals surface area contributed by atoms with Crippen LogP contribution in [0.2, 0.25) is 5.02 Å². The first-order chi connectivity index (χ1) is 10.6. The molecule has 0 aliphatic carbocycles. The number of hydrogen-bond acceptors (Lipinski definition) is 3. The van der Waals surface area contributed by atoms with Crippen LogP contribution in [0.25, 0.3) is 11.0 Å². The minimum atomic E-state index is -0.518. The molecule has 0 saturated carbocycles. The van der Waals surface area contributed by atoms with Gasteiger partial charge in [0.1, 0.15) is 5.58 Å². The number of hydrogen-bond donors (Lipinski definition) is 1. The standard InChI is InChI=1S/C17H12ClNO3/c1-10-5-4-6-11-14(20)9-15(22-16(10)11)17(21)19-13-8-3-2-7-12(13)18/h2-9H,1H3,(H,19,21). The molecular formula is C17H12ClNO3. The van der Waals surface area contributed by atoms with Crippen molar-refractivity contribution in [1.29, 1.82) is 0 Å². The van der Waals surface area contributed by atoms with E-state index in [1.807, 2.05) is 13.0 Å². The van der Waals surface area contributed by atoms with Gasteiger partial charge in [0.15, 0.2) is 11.2 Å². The number of amides is 1. The first-order valence-corrected chi connectivity index (χ1v) is 7.03. The van der Waals surface area contributed by atoms with E-state index < -0.39 is 5.91 Å². The maximum Gasteiger partial charge on any atom is 0.291 e. The molecule has 1 aromatic heterocycles. The van der Waals surface area contributed by atoms with Gasteiger partial charge in [-0.3, -0.25) is 9.59 Å². The molecule has 0 aliphatic rings. The zero-order valence-electron chi connectivity index (χ0n) is 11.7. The summed E-state index contributed by atoms with van der Waals surface area (Å²) in [6.07, 6.45) is 0. The Hall–Kier alpha value is -2.59. The molecule has 0 radical (unpaired) electrons. The summed E-state index contributed by atoms with van der Waals surface area (Å²) in [7, 11) is 0. The van der Waals surface area contributed by atoms with Gasteiger partial charge < -0.3 is 9.73 Å². The van der Waals surface area contributed by atoms with E-state index in [0.717, 1.165) is 5.56 Å². The molecular weight excluding hydrogens is 302 g/mol. The van der Waals surface area contributed by atoms with Crippen LogP contribution in [0.5, 0.6) is 0 Å². The second-order valence-corrected chi connectivity index (χ2v) is 5.27. The molecule has 1 heterocycles. The summed E-state index contributed by atoms with van der Waals surface area (Å²) in [5.41, 5.74) is 1.41. The predicted octanol–water partition coefficient (Wildman–Crippen LogP) is 4.01. The molecule has 3 aromatic rings. The second kappa shape index (κ2) is 5.66. The number of nitrogens with one attached hydrogen (secondary N) is 1. The van der Waals surface area contributed by atoms with Gasteiger partial charge in [0, 0.05) is 6.07 Å². The van der Waals surface area contributed by atoms with Crippen LogP contribution in [-0.2, 0) is 0 Å². The first kappa shape index (κ1) is 14.4. The third-order valence-corrected chi connectivity index (χ3v) is 3.63. The van der Waals surface area contributed by atoms with E-state index in [4.69, 9.17) is 16.0 Å². The molecule has 0 bridgehead atoms. The van der Waals surface area contributed by atoms with Gasteiger partial charge >= 0.3 is 0 Å². The molecule has 110 valence electrons. The van der Waals surface area contributed by atoms with E-state index in [9.17, 15) is 9.59 Å². The molecule has 0 spiro atoms. The highest BCUT2D eigenvalue weighted by molar-refractivity contribution is 6.33. The van der Waals surface area contributed by atoms with Crippen molar-refractivity contribution in [1.82, 2.24) is 0 Å². The fourth-order valence-corrected chi connectivity index (χ4v) is 2.36. The average Bonchev–Trinajstić information content (AvgIpc) is 2.50. The van der Waals surface area contributed by atoms with Crippen molar-refractivity contribution < 1.29 is 9.21 Å². The van der Waals surface area contributed by atoms with Crippen LogP contribution in [0.4, 0.5) is 5.69 Å². The molecule has 0 aliphatic heterocycles. The zero-order chi connectivity index (χ0) is 15.7. The molecule has 0 atom stereocenters. The molecule has 22 heavy (non-hydrogen) atoms. The lowest BCUT2D eigenvalue weighted by Crippen LogP contribution is -2.15. The van der Waals surface area contributed by atoms with Crippen LogP contribution in [0, 0.1) is 6.92 Å². The minimum Gasteiger partial charge on any atom is -0.450 e. The summed E-state index contributed by atoms with van der Waals surface area (Å²) in [6.45, 7) is 1.82. The Balaban J connectivity index is 2.03. The lowest BCUT2D eigenvalue weighted by molar-refractivity contribution is 0.0997. The van der Waals surface area contributed by atoms with Crippen molar-refractivity contribution in [3.8, 4) is 0 Å². The summed E-state index contributed by atoms with van der Waals surface area (Å²) in [6, 6.07) is 13.3. The molecule has 3 rings (SSSR count). The number of benzene rings is 2. The van der Waals surface area contributed by atoms with E-state index in [2.05, 4.69) is 5.32 Å².